The van der Waals surface area contributed by atoms with Gasteiger partial charge in [0.05, 0.1) is 23.7 Å². The quantitative estimate of drug-likeness (QED) is 0.416. The first-order chi connectivity index (χ1) is 11.2. The molecule has 1 aromatic rings. The van der Waals surface area contributed by atoms with Gasteiger partial charge < -0.3 is 4.55 Å². The van der Waals surface area contributed by atoms with Crippen molar-refractivity contribution in [1.29, 1.82) is 0 Å². The second-order valence-electron chi connectivity index (χ2n) is 5.37. The monoisotopic (exact) mass is 382 g/mol. The lowest BCUT2D eigenvalue weighted by Gasteiger charge is -2.28. The van der Waals surface area contributed by atoms with Crippen LogP contribution >= 0.6 is 0 Å². The van der Waals surface area contributed by atoms with Gasteiger partial charge in [0.15, 0.2) is 0 Å². The molecule has 0 saturated heterocycles. The van der Waals surface area contributed by atoms with Crippen LogP contribution in [0.3, 0.4) is 0 Å². The van der Waals surface area contributed by atoms with Crippen LogP contribution in [0.15, 0.2) is 30.3 Å². The smallest absolute Gasteiger partial charge is 0.264 e. The third-order valence-corrected chi connectivity index (χ3v) is 4.06. The third-order valence-electron chi connectivity index (χ3n) is 2.95. The fourth-order valence-electron chi connectivity index (χ4n) is 2.21. The summed E-state index contributed by atoms with van der Waals surface area (Å²) >= 11 is -2.67. The molecule has 0 aromatic heterocycles. The lowest BCUT2D eigenvalue weighted by atomic mass is 10.2. The van der Waals surface area contributed by atoms with Gasteiger partial charge in [-0.15, -0.1) is 0 Å². The van der Waals surface area contributed by atoms with Crippen LogP contribution in [0, 0.1) is 0 Å². The molecule has 0 amide bonds. The molecule has 3 unspecified atom stereocenters. The van der Waals surface area contributed by atoms with E-state index in [0.717, 1.165) is 11.8 Å². The molecule has 0 radical (unpaired) electrons. The highest BCUT2D eigenvalue weighted by molar-refractivity contribution is 7.86. The van der Waals surface area contributed by atoms with E-state index in [1.165, 1.54) is 0 Å². The molecule has 1 aromatic carbocycles. The Hall–Kier alpha value is -0.910. The standard InChI is InChI=1S/C14H22FNO6S2/c1-12(21-23(17)18)9-16(10-13-6-4-3-5-7-13)11-14(8-15)22-24(2,19)20/h3-7,12,14H,8-11H2,1-2H3,(H,17,18)/p-1. The van der Waals surface area contributed by atoms with Crippen molar-refractivity contribution in [2.45, 2.75) is 25.7 Å². The van der Waals surface area contributed by atoms with Crippen LogP contribution in [-0.2, 0) is 36.4 Å². The molecule has 0 aliphatic rings. The summed E-state index contributed by atoms with van der Waals surface area (Å²) in [5.74, 6) is 0. The molecular formula is C14H21FNO6S2-. The molecule has 1 rings (SSSR count). The van der Waals surface area contributed by atoms with E-state index in [9.17, 15) is 21.6 Å². The van der Waals surface area contributed by atoms with E-state index < -0.39 is 40.4 Å². The predicted molar refractivity (Wildman–Crippen MR) is 86.9 cm³/mol. The van der Waals surface area contributed by atoms with Gasteiger partial charge in [0, 0.05) is 19.6 Å². The van der Waals surface area contributed by atoms with Gasteiger partial charge in [-0.25, -0.2) is 8.60 Å². The number of nitrogens with zero attached hydrogens (tertiary/aromatic N) is 1. The molecule has 7 nitrogen and oxygen atoms in total. The highest BCUT2D eigenvalue weighted by Gasteiger charge is 2.21. The van der Waals surface area contributed by atoms with E-state index in [0.29, 0.717) is 6.54 Å². The molecule has 0 bridgehead atoms. The first-order valence-corrected chi connectivity index (χ1v) is 9.98. The Balaban J connectivity index is 2.80. The van der Waals surface area contributed by atoms with Crippen LogP contribution in [0.5, 0.6) is 0 Å². The average Bonchev–Trinajstić information content (AvgIpc) is 2.45. The molecule has 24 heavy (non-hydrogen) atoms. The van der Waals surface area contributed by atoms with Crippen molar-refractivity contribution >= 4 is 21.5 Å². The summed E-state index contributed by atoms with van der Waals surface area (Å²) in [5.41, 5.74) is 0.907. The second-order valence-corrected chi connectivity index (χ2v) is 7.57. The molecule has 0 fully saturated rings. The van der Waals surface area contributed by atoms with Crippen molar-refractivity contribution in [3.63, 3.8) is 0 Å². The Labute approximate surface area is 144 Å². The topological polar surface area (TPSA) is 96.0 Å². The van der Waals surface area contributed by atoms with Crippen LogP contribution in [0.4, 0.5) is 4.39 Å². The van der Waals surface area contributed by atoms with E-state index in [1.54, 1.807) is 11.8 Å². The maximum absolute atomic E-state index is 13.1. The first kappa shape index (κ1) is 21.1. The van der Waals surface area contributed by atoms with Crippen molar-refractivity contribution in [3.8, 4) is 0 Å². The van der Waals surface area contributed by atoms with Gasteiger partial charge >= 0.3 is 0 Å². The van der Waals surface area contributed by atoms with Gasteiger partial charge in [0.2, 0.25) is 0 Å². The van der Waals surface area contributed by atoms with Gasteiger partial charge in [-0.1, -0.05) is 30.3 Å². The summed E-state index contributed by atoms with van der Waals surface area (Å²) in [6, 6.07) is 9.22. The van der Waals surface area contributed by atoms with Crippen molar-refractivity contribution < 1.29 is 29.9 Å². The van der Waals surface area contributed by atoms with Crippen molar-refractivity contribution in [1.82, 2.24) is 4.90 Å². The zero-order chi connectivity index (χ0) is 18.2. The van der Waals surface area contributed by atoms with Gasteiger partial charge in [0.1, 0.15) is 12.8 Å². The summed E-state index contributed by atoms with van der Waals surface area (Å²) in [7, 11) is -3.80. The SMILES string of the molecule is CC(CN(Cc1ccccc1)CC(CF)OS(C)(=O)=O)OS(=O)[O-]. The summed E-state index contributed by atoms with van der Waals surface area (Å²) in [5, 5.41) is 0. The number of rotatable bonds is 11. The summed E-state index contributed by atoms with van der Waals surface area (Å²) in [6.07, 6.45) is -0.997. The molecule has 3 atom stereocenters. The number of benzene rings is 1. The molecule has 138 valence electrons. The van der Waals surface area contributed by atoms with Gasteiger partial charge in [-0.2, -0.15) is 8.42 Å². The number of halogens is 1. The maximum Gasteiger partial charge on any atom is 0.264 e. The molecule has 0 N–H and O–H groups in total. The minimum Gasteiger partial charge on any atom is -0.750 e. The van der Waals surface area contributed by atoms with E-state index in [4.69, 9.17) is 4.18 Å². The molecule has 0 spiro atoms. The predicted octanol–water partition coefficient (Wildman–Crippen LogP) is 1.00. The number of hydrogen-bond acceptors (Lipinski definition) is 7. The Morgan fingerprint density at radius 3 is 2.42 bits per heavy atom. The highest BCUT2D eigenvalue weighted by atomic mass is 32.2. The average molecular weight is 382 g/mol. The maximum atomic E-state index is 13.1. The third kappa shape index (κ3) is 9.40. The van der Waals surface area contributed by atoms with Crippen molar-refractivity contribution in [2.24, 2.45) is 0 Å². The first-order valence-electron chi connectivity index (χ1n) is 7.16. The Bertz CT molecular complexity index is 613. The zero-order valence-corrected chi connectivity index (χ0v) is 15.1. The molecule has 0 saturated carbocycles. The second kappa shape index (κ2) is 10.2. The van der Waals surface area contributed by atoms with Crippen LogP contribution < -0.4 is 0 Å². The van der Waals surface area contributed by atoms with Crippen molar-refractivity contribution in [3.05, 3.63) is 35.9 Å². The van der Waals surface area contributed by atoms with Crippen molar-refractivity contribution in [2.75, 3.05) is 26.0 Å². The fraction of sp³-hybridized carbons (Fsp3) is 0.571. The molecule has 10 heteroatoms. The Kier molecular flexibility index (Phi) is 8.95. The molecule has 0 aliphatic heterocycles. The van der Waals surface area contributed by atoms with Crippen LogP contribution in [-0.4, -0.2) is 60.3 Å². The highest BCUT2D eigenvalue weighted by Crippen LogP contribution is 2.10. The fourth-order valence-corrected chi connectivity index (χ4v) is 3.15. The Morgan fingerprint density at radius 1 is 1.29 bits per heavy atom. The molecule has 0 aliphatic carbocycles. The van der Waals surface area contributed by atoms with E-state index >= 15 is 0 Å². The zero-order valence-electron chi connectivity index (χ0n) is 13.5. The normalized spacial score (nSPS) is 16.0. The molecular weight excluding hydrogens is 361 g/mol. The molecule has 0 heterocycles. The summed E-state index contributed by atoms with van der Waals surface area (Å²) < 4.78 is 66.1. The summed E-state index contributed by atoms with van der Waals surface area (Å²) in [6.45, 7) is 1.06. The van der Waals surface area contributed by atoms with Gasteiger partial charge in [-0.05, 0) is 12.5 Å². The number of hydrogen-bond donors (Lipinski definition) is 0. The van der Waals surface area contributed by atoms with E-state index in [-0.39, 0.29) is 13.1 Å². The summed E-state index contributed by atoms with van der Waals surface area (Å²) in [4.78, 5) is 1.68. The lowest BCUT2D eigenvalue weighted by molar-refractivity contribution is 0.0835. The van der Waals surface area contributed by atoms with E-state index in [2.05, 4.69) is 4.18 Å². The largest absolute Gasteiger partial charge is 0.750 e. The lowest BCUT2D eigenvalue weighted by Crippen LogP contribution is -2.40. The minimum absolute atomic E-state index is 0.0301. The van der Waals surface area contributed by atoms with Gasteiger partial charge in [0.25, 0.3) is 10.1 Å². The van der Waals surface area contributed by atoms with Crippen LogP contribution in [0.1, 0.15) is 12.5 Å². The Morgan fingerprint density at radius 2 is 1.92 bits per heavy atom. The number of alkyl halides is 1. The minimum atomic E-state index is -3.80. The van der Waals surface area contributed by atoms with Gasteiger partial charge in [-0.3, -0.25) is 13.3 Å². The van der Waals surface area contributed by atoms with Crippen LogP contribution in [0.2, 0.25) is 0 Å². The van der Waals surface area contributed by atoms with Crippen LogP contribution in [0.25, 0.3) is 0 Å². The van der Waals surface area contributed by atoms with E-state index in [1.807, 2.05) is 30.3 Å².